The van der Waals surface area contributed by atoms with Gasteiger partial charge in [-0.1, -0.05) is 37.6 Å². The van der Waals surface area contributed by atoms with Crippen molar-refractivity contribution >= 4 is 5.91 Å². The van der Waals surface area contributed by atoms with Gasteiger partial charge in [0.25, 0.3) is 0 Å². The van der Waals surface area contributed by atoms with E-state index in [2.05, 4.69) is 41.4 Å². The number of nitrogens with zero attached hydrogens (tertiary/aromatic N) is 1. The monoisotopic (exact) mass is 260 g/mol. The van der Waals surface area contributed by atoms with Crippen LogP contribution in [0.5, 0.6) is 0 Å². The maximum Gasteiger partial charge on any atom is 0.237 e. The molecule has 1 aliphatic rings. The number of amides is 1. The van der Waals surface area contributed by atoms with E-state index in [1.54, 1.807) is 0 Å². The SMILES string of the molecule is CCCCNC(=O)C(C)N1CCc2ccccc2C1. The Bertz CT molecular complexity index is 431. The summed E-state index contributed by atoms with van der Waals surface area (Å²) in [4.78, 5) is 14.3. The normalized spacial score (nSPS) is 16.7. The molecule has 1 N–H and O–H groups in total. The Hall–Kier alpha value is -1.35. The second-order valence-corrected chi connectivity index (χ2v) is 5.31. The molecular formula is C16H24N2O. The lowest BCUT2D eigenvalue weighted by Crippen LogP contribution is -2.47. The first-order chi connectivity index (χ1) is 9.22. The van der Waals surface area contributed by atoms with E-state index >= 15 is 0 Å². The van der Waals surface area contributed by atoms with Crippen molar-refractivity contribution in [2.75, 3.05) is 13.1 Å². The number of carbonyl (C=O) groups excluding carboxylic acids is 1. The van der Waals surface area contributed by atoms with Crippen molar-refractivity contribution in [2.24, 2.45) is 0 Å². The van der Waals surface area contributed by atoms with E-state index in [0.29, 0.717) is 0 Å². The molecule has 2 rings (SSSR count). The van der Waals surface area contributed by atoms with Gasteiger partial charge >= 0.3 is 0 Å². The van der Waals surface area contributed by atoms with Crippen molar-refractivity contribution in [3.05, 3.63) is 35.4 Å². The summed E-state index contributed by atoms with van der Waals surface area (Å²) < 4.78 is 0. The van der Waals surface area contributed by atoms with Gasteiger partial charge in [-0.3, -0.25) is 9.69 Å². The van der Waals surface area contributed by atoms with E-state index in [9.17, 15) is 4.79 Å². The molecule has 1 amide bonds. The zero-order valence-corrected chi connectivity index (χ0v) is 12.0. The summed E-state index contributed by atoms with van der Waals surface area (Å²) in [6.07, 6.45) is 3.22. The van der Waals surface area contributed by atoms with Gasteiger partial charge in [-0.25, -0.2) is 0 Å². The number of carbonyl (C=O) groups is 1. The van der Waals surface area contributed by atoms with Crippen molar-refractivity contribution in [1.82, 2.24) is 10.2 Å². The van der Waals surface area contributed by atoms with E-state index in [4.69, 9.17) is 0 Å². The van der Waals surface area contributed by atoms with Gasteiger partial charge < -0.3 is 5.32 Å². The highest BCUT2D eigenvalue weighted by Gasteiger charge is 2.24. The van der Waals surface area contributed by atoms with Crippen molar-refractivity contribution in [3.8, 4) is 0 Å². The number of unbranched alkanes of at least 4 members (excludes halogenated alkanes) is 1. The van der Waals surface area contributed by atoms with Crippen LogP contribution >= 0.6 is 0 Å². The molecule has 0 saturated carbocycles. The number of hydrogen-bond acceptors (Lipinski definition) is 2. The summed E-state index contributed by atoms with van der Waals surface area (Å²) in [7, 11) is 0. The lowest BCUT2D eigenvalue weighted by Gasteiger charge is -2.32. The highest BCUT2D eigenvalue weighted by Crippen LogP contribution is 2.20. The maximum absolute atomic E-state index is 12.1. The minimum Gasteiger partial charge on any atom is -0.355 e. The van der Waals surface area contributed by atoms with Crippen LogP contribution in [0.25, 0.3) is 0 Å². The standard InChI is InChI=1S/C16H24N2O/c1-3-4-10-17-16(19)13(2)18-11-9-14-7-5-6-8-15(14)12-18/h5-8,13H,3-4,9-12H2,1-2H3,(H,17,19). The minimum absolute atomic E-state index is 0.0368. The van der Waals surface area contributed by atoms with Crippen LogP contribution in [0.4, 0.5) is 0 Å². The van der Waals surface area contributed by atoms with E-state index in [1.807, 2.05) is 6.92 Å². The molecule has 0 spiro atoms. The number of hydrogen-bond donors (Lipinski definition) is 1. The lowest BCUT2D eigenvalue weighted by molar-refractivity contribution is -0.126. The Morgan fingerprint density at radius 3 is 2.84 bits per heavy atom. The molecule has 104 valence electrons. The molecule has 3 nitrogen and oxygen atoms in total. The smallest absolute Gasteiger partial charge is 0.237 e. The minimum atomic E-state index is -0.0368. The first-order valence-corrected chi connectivity index (χ1v) is 7.31. The fraction of sp³-hybridized carbons (Fsp3) is 0.562. The summed E-state index contributed by atoms with van der Waals surface area (Å²) in [5.74, 6) is 0.160. The molecule has 1 unspecified atom stereocenters. The summed E-state index contributed by atoms with van der Waals surface area (Å²) in [6, 6.07) is 8.50. The predicted molar refractivity (Wildman–Crippen MR) is 77.9 cm³/mol. The number of nitrogens with one attached hydrogen (secondary N) is 1. The molecule has 1 aliphatic heterocycles. The molecule has 3 heteroatoms. The highest BCUT2D eigenvalue weighted by molar-refractivity contribution is 5.81. The first kappa shape index (κ1) is 14.1. The van der Waals surface area contributed by atoms with E-state index < -0.39 is 0 Å². The van der Waals surface area contributed by atoms with E-state index in [0.717, 1.165) is 38.9 Å². The Morgan fingerprint density at radius 1 is 1.37 bits per heavy atom. The van der Waals surface area contributed by atoms with Crippen molar-refractivity contribution < 1.29 is 4.79 Å². The van der Waals surface area contributed by atoms with Crippen LogP contribution in [0, 0.1) is 0 Å². The van der Waals surface area contributed by atoms with Gasteiger partial charge in [0.05, 0.1) is 6.04 Å². The average Bonchev–Trinajstić information content (AvgIpc) is 2.46. The van der Waals surface area contributed by atoms with E-state index in [1.165, 1.54) is 11.1 Å². The van der Waals surface area contributed by atoms with Crippen LogP contribution in [-0.4, -0.2) is 29.9 Å². The molecule has 1 aromatic carbocycles. The molecule has 0 fully saturated rings. The fourth-order valence-corrected chi connectivity index (χ4v) is 2.55. The summed E-state index contributed by atoms with van der Waals surface area (Å²) in [6.45, 7) is 6.80. The second-order valence-electron chi connectivity index (χ2n) is 5.31. The molecule has 0 aromatic heterocycles. The van der Waals surface area contributed by atoms with Crippen LogP contribution in [0.3, 0.4) is 0 Å². The topological polar surface area (TPSA) is 32.3 Å². The van der Waals surface area contributed by atoms with Gasteiger partial charge in [0.15, 0.2) is 0 Å². The van der Waals surface area contributed by atoms with Crippen LogP contribution in [0.1, 0.15) is 37.8 Å². The average molecular weight is 260 g/mol. The number of fused-ring (bicyclic) bond motifs is 1. The predicted octanol–water partition coefficient (Wildman–Crippen LogP) is 2.35. The molecule has 0 saturated heterocycles. The van der Waals surface area contributed by atoms with Gasteiger partial charge in [-0.2, -0.15) is 0 Å². The molecule has 1 atom stereocenters. The molecule has 1 heterocycles. The Labute approximate surface area is 116 Å². The van der Waals surface area contributed by atoms with Crippen molar-refractivity contribution in [1.29, 1.82) is 0 Å². The maximum atomic E-state index is 12.1. The van der Waals surface area contributed by atoms with Crippen LogP contribution in [0.15, 0.2) is 24.3 Å². The third kappa shape index (κ3) is 3.57. The van der Waals surface area contributed by atoms with Gasteiger partial charge in [0.2, 0.25) is 5.91 Å². The Kier molecular flexibility index (Phi) is 4.97. The van der Waals surface area contributed by atoms with Crippen LogP contribution in [0.2, 0.25) is 0 Å². The lowest BCUT2D eigenvalue weighted by atomic mass is 9.99. The third-order valence-corrected chi connectivity index (χ3v) is 3.92. The van der Waals surface area contributed by atoms with E-state index in [-0.39, 0.29) is 11.9 Å². The summed E-state index contributed by atoms with van der Waals surface area (Å²) in [5.41, 5.74) is 2.79. The molecule has 0 bridgehead atoms. The third-order valence-electron chi connectivity index (χ3n) is 3.92. The quantitative estimate of drug-likeness (QED) is 0.824. The van der Waals surface area contributed by atoms with Crippen LogP contribution < -0.4 is 5.32 Å². The number of benzene rings is 1. The summed E-state index contributed by atoms with van der Waals surface area (Å²) >= 11 is 0. The molecule has 0 radical (unpaired) electrons. The second kappa shape index (κ2) is 6.71. The van der Waals surface area contributed by atoms with Crippen molar-refractivity contribution in [3.63, 3.8) is 0 Å². The fourth-order valence-electron chi connectivity index (χ4n) is 2.55. The van der Waals surface area contributed by atoms with Gasteiger partial charge in [-0.15, -0.1) is 0 Å². The molecule has 19 heavy (non-hydrogen) atoms. The first-order valence-electron chi connectivity index (χ1n) is 7.31. The van der Waals surface area contributed by atoms with Gasteiger partial charge in [-0.05, 0) is 30.9 Å². The zero-order chi connectivity index (χ0) is 13.7. The molecule has 1 aromatic rings. The molecular weight excluding hydrogens is 236 g/mol. The zero-order valence-electron chi connectivity index (χ0n) is 12.0. The van der Waals surface area contributed by atoms with Crippen LogP contribution in [-0.2, 0) is 17.8 Å². The van der Waals surface area contributed by atoms with Gasteiger partial charge in [0.1, 0.15) is 0 Å². The highest BCUT2D eigenvalue weighted by atomic mass is 16.2. The Morgan fingerprint density at radius 2 is 2.11 bits per heavy atom. The largest absolute Gasteiger partial charge is 0.355 e. The van der Waals surface area contributed by atoms with Crippen molar-refractivity contribution in [2.45, 2.75) is 45.7 Å². The summed E-state index contributed by atoms with van der Waals surface area (Å²) in [5, 5.41) is 3.02. The number of rotatable bonds is 5. The Balaban J connectivity index is 1.91. The van der Waals surface area contributed by atoms with Gasteiger partial charge in [0, 0.05) is 19.6 Å². The molecule has 0 aliphatic carbocycles.